The van der Waals surface area contributed by atoms with Gasteiger partial charge in [0.2, 0.25) is 0 Å². The number of anilines is 2. The zero-order valence-electron chi connectivity index (χ0n) is 15.1. The first-order valence-electron chi connectivity index (χ1n) is 8.32. The Kier molecular flexibility index (Phi) is 6.32. The van der Waals surface area contributed by atoms with E-state index in [2.05, 4.69) is 10.0 Å². The molecule has 0 fully saturated rings. The molecule has 0 saturated carbocycles. The Morgan fingerprint density at radius 3 is 2.21 bits per heavy atom. The van der Waals surface area contributed by atoms with Crippen LogP contribution in [0.15, 0.2) is 71.6 Å². The molecule has 29 heavy (non-hydrogen) atoms. The number of halogens is 2. The maximum atomic E-state index is 12.6. The molecule has 0 aromatic heterocycles. The molecule has 3 rings (SSSR count). The molecular formula is C20H16Cl2N2O4S. The van der Waals surface area contributed by atoms with Crippen LogP contribution in [-0.2, 0) is 10.0 Å². The van der Waals surface area contributed by atoms with Gasteiger partial charge in [-0.3, -0.25) is 9.52 Å². The maximum absolute atomic E-state index is 12.6. The van der Waals surface area contributed by atoms with Crippen LogP contribution in [0, 0.1) is 0 Å². The second-order valence-electron chi connectivity index (χ2n) is 5.91. The van der Waals surface area contributed by atoms with E-state index in [4.69, 9.17) is 27.9 Å². The molecule has 2 N–H and O–H groups in total. The van der Waals surface area contributed by atoms with Gasteiger partial charge in [-0.05, 0) is 60.7 Å². The van der Waals surface area contributed by atoms with Crippen molar-refractivity contribution in [2.24, 2.45) is 0 Å². The number of nitrogens with one attached hydrogen (secondary N) is 2. The molecule has 0 bridgehead atoms. The van der Waals surface area contributed by atoms with Crippen LogP contribution in [-0.4, -0.2) is 21.4 Å². The monoisotopic (exact) mass is 450 g/mol. The number of methoxy groups -OCH3 is 1. The topological polar surface area (TPSA) is 84.5 Å². The molecule has 0 spiro atoms. The molecule has 0 aliphatic carbocycles. The van der Waals surface area contributed by atoms with Gasteiger partial charge in [-0.1, -0.05) is 29.3 Å². The molecule has 6 nitrogen and oxygen atoms in total. The highest BCUT2D eigenvalue weighted by Crippen LogP contribution is 2.31. The summed E-state index contributed by atoms with van der Waals surface area (Å²) in [5.74, 6) is 0.315. The van der Waals surface area contributed by atoms with Crippen molar-refractivity contribution >= 4 is 50.5 Å². The Labute approximate surface area is 178 Å². The second kappa shape index (κ2) is 8.73. The highest BCUT2D eigenvalue weighted by Gasteiger charge is 2.17. The van der Waals surface area contributed by atoms with Crippen molar-refractivity contribution in [3.63, 3.8) is 0 Å². The van der Waals surface area contributed by atoms with Gasteiger partial charge in [0.05, 0.1) is 27.7 Å². The molecule has 1 amide bonds. The van der Waals surface area contributed by atoms with E-state index < -0.39 is 10.0 Å². The van der Waals surface area contributed by atoms with E-state index in [-0.39, 0.29) is 26.5 Å². The van der Waals surface area contributed by atoms with Gasteiger partial charge in [0.15, 0.2) is 0 Å². The third-order valence-electron chi connectivity index (χ3n) is 3.97. The van der Waals surface area contributed by atoms with E-state index in [1.54, 1.807) is 43.5 Å². The lowest BCUT2D eigenvalue weighted by atomic mass is 10.2. The van der Waals surface area contributed by atoms with Crippen LogP contribution < -0.4 is 14.8 Å². The SMILES string of the molecule is COc1ccc(C(=O)Nc2ccc(S(=O)(=O)Nc3cccc(Cl)c3Cl)cc2)cc1. The summed E-state index contributed by atoms with van der Waals surface area (Å²) >= 11 is 11.9. The van der Waals surface area contributed by atoms with Gasteiger partial charge >= 0.3 is 0 Å². The van der Waals surface area contributed by atoms with E-state index in [9.17, 15) is 13.2 Å². The number of hydrogen-bond acceptors (Lipinski definition) is 4. The summed E-state index contributed by atoms with van der Waals surface area (Å²) < 4.78 is 32.6. The first-order chi connectivity index (χ1) is 13.8. The zero-order valence-corrected chi connectivity index (χ0v) is 17.5. The lowest BCUT2D eigenvalue weighted by Crippen LogP contribution is -2.14. The quantitative estimate of drug-likeness (QED) is 0.549. The number of carbonyl (C=O) groups is 1. The molecule has 0 unspecified atom stereocenters. The van der Waals surface area contributed by atoms with Crippen molar-refractivity contribution < 1.29 is 17.9 Å². The van der Waals surface area contributed by atoms with Crippen LogP contribution in [0.1, 0.15) is 10.4 Å². The van der Waals surface area contributed by atoms with Gasteiger partial charge in [0.25, 0.3) is 15.9 Å². The van der Waals surface area contributed by atoms with Crippen molar-refractivity contribution in [1.82, 2.24) is 0 Å². The normalized spacial score (nSPS) is 11.0. The van der Waals surface area contributed by atoms with Crippen molar-refractivity contribution in [2.45, 2.75) is 4.90 Å². The summed E-state index contributed by atoms with van der Waals surface area (Å²) in [7, 11) is -2.34. The Morgan fingerprint density at radius 2 is 1.59 bits per heavy atom. The molecule has 0 atom stereocenters. The summed E-state index contributed by atoms with van der Waals surface area (Å²) in [5, 5.41) is 3.06. The molecule has 0 aliphatic heterocycles. The lowest BCUT2D eigenvalue weighted by molar-refractivity contribution is 0.102. The van der Waals surface area contributed by atoms with Gasteiger partial charge in [0, 0.05) is 11.3 Å². The zero-order chi connectivity index (χ0) is 21.0. The van der Waals surface area contributed by atoms with Crippen LogP contribution in [0.3, 0.4) is 0 Å². The number of amides is 1. The van der Waals surface area contributed by atoms with E-state index >= 15 is 0 Å². The minimum Gasteiger partial charge on any atom is -0.497 e. The molecule has 0 heterocycles. The van der Waals surface area contributed by atoms with Gasteiger partial charge < -0.3 is 10.1 Å². The molecular weight excluding hydrogens is 435 g/mol. The average Bonchev–Trinajstić information content (AvgIpc) is 2.72. The van der Waals surface area contributed by atoms with Crippen LogP contribution in [0.2, 0.25) is 10.0 Å². The molecule has 150 valence electrons. The largest absolute Gasteiger partial charge is 0.497 e. The molecule has 3 aromatic rings. The fourth-order valence-corrected chi connectivity index (χ4v) is 3.93. The van der Waals surface area contributed by atoms with Crippen molar-refractivity contribution in [2.75, 3.05) is 17.1 Å². The Bertz CT molecular complexity index is 1130. The number of benzene rings is 3. The van der Waals surface area contributed by atoms with E-state index in [0.717, 1.165) is 0 Å². The number of hydrogen-bond donors (Lipinski definition) is 2. The van der Waals surface area contributed by atoms with Crippen LogP contribution in [0.4, 0.5) is 11.4 Å². The summed E-state index contributed by atoms with van der Waals surface area (Å²) in [6.45, 7) is 0. The number of ether oxygens (including phenoxy) is 1. The number of sulfonamides is 1. The summed E-state index contributed by atoms with van der Waals surface area (Å²) in [6, 6.07) is 17.0. The van der Waals surface area contributed by atoms with Gasteiger partial charge in [-0.25, -0.2) is 8.42 Å². The van der Waals surface area contributed by atoms with Crippen molar-refractivity contribution in [3.05, 3.63) is 82.3 Å². The molecule has 0 radical (unpaired) electrons. The Hall–Kier alpha value is -2.74. The number of carbonyl (C=O) groups excluding carboxylic acids is 1. The predicted molar refractivity (Wildman–Crippen MR) is 115 cm³/mol. The second-order valence-corrected chi connectivity index (χ2v) is 8.38. The van der Waals surface area contributed by atoms with Crippen molar-refractivity contribution in [1.29, 1.82) is 0 Å². The predicted octanol–water partition coefficient (Wildman–Crippen LogP) is 5.06. The first kappa shape index (κ1) is 21.0. The average molecular weight is 451 g/mol. The minimum atomic E-state index is -3.88. The van der Waals surface area contributed by atoms with E-state index in [0.29, 0.717) is 17.0 Å². The first-order valence-corrected chi connectivity index (χ1v) is 10.6. The Balaban J connectivity index is 1.73. The van der Waals surface area contributed by atoms with Crippen LogP contribution >= 0.6 is 23.2 Å². The molecule has 3 aromatic carbocycles. The Morgan fingerprint density at radius 1 is 0.931 bits per heavy atom. The van der Waals surface area contributed by atoms with Gasteiger partial charge in [-0.15, -0.1) is 0 Å². The van der Waals surface area contributed by atoms with Gasteiger partial charge in [-0.2, -0.15) is 0 Å². The fraction of sp³-hybridized carbons (Fsp3) is 0.0500. The van der Waals surface area contributed by atoms with Crippen LogP contribution in [0.5, 0.6) is 5.75 Å². The smallest absolute Gasteiger partial charge is 0.261 e. The summed E-state index contributed by atoms with van der Waals surface area (Å²) in [4.78, 5) is 12.3. The van der Waals surface area contributed by atoms with E-state index in [1.165, 1.54) is 30.3 Å². The maximum Gasteiger partial charge on any atom is 0.261 e. The third-order valence-corrected chi connectivity index (χ3v) is 6.17. The fourth-order valence-electron chi connectivity index (χ4n) is 2.45. The van der Waals surface area contributed by atoms with Crippen LogP contribution in [0.25, 0.3) is 0 Å². The third kappa shape index (κ3) is 5.00. The molecule has 0 aliphatic rings. The van der Waals surface area contributed by atoms with Crippen molar-refractivity contribution in [3.8, 4) is 5.75 Å². The highest BCUT2D eigenvalue weighted by atomic mass is 35.5. The summed E-state index contributed by atoms with van der Waals surface area (Å²) in [6.07, 6.45) is 0. The van der Waals surface area contributed by atoms with Gasteiger partial charge in [0.1, 0.15) is 5.75 Å². The molecule has 0 saturated heterocycles. The lowest BCUT2D eigenvalue weighted by Gasteiger charge is -2.11. The highest BCUT2D eigenvalue weighted by molar-refractivity contribution is 7.92. The molecule has 9 heteroatoms. The standard InChI is InChI=1S/C20H16Cl2N2O4S/c1-28-15-9-5-13(6-10-15)20(25)23-14-7-11-16(12-8-14)29(26,27)24-18-4-2-3-17(21)19(18)22/h2-12,24H,1H3,(H,23,25). The van der Waals surface area contributed by atoms with E-state index in [1.807, 2.05) is 0 Å². The number of rotatable bonds is 6. The minimum absolute atomic E-state index is 0.0102. The summed E-state index contributed by atoms with van der Waals surface area (Å²) in [5.41, 5.74) is 1.07.